The Balaban J connectivity index is 1.77. The maximum absolute atomic E-state index is 4.61. The predicted molar refractivity (Wildman–Crippen MR) is 90.5 cm³/mol. The molecule has 0 radical (unpaired) electrons. The van der Waals surface area contributed by atoms with E-state index >= 15 is 0 Å². The molecule has 0 fully saturated rings. The van der Waals surface area contributed by atoms with E-state index < -0.39 is 0 Å². The predicted octanol–water partition coefficient (Wildman–Crippen LogP) is 5.63. The van der Waals surface area contributed by atoms with E-state index in [1.165, 1.54) is 26.8 Å². The average Bonchev–Trinajstić information content (AvgIpc) is 3.05. The quantitative estimate of drug-likeness (QED) is 0.465. The Hall–Kier alpha value is -2.45. The topological polar surface area (TPSA) is 12.9 Å². The second-order valence-electron chi connectivity index (χ2n) is 5.00. The van der Waals surface area contributed by atoms with E-state index in [1.807, 2.05) is 6.07 Å². The van der Waals surface area contributed by atoms with Gasteiger partial charge in [-0.3, -0.25) is 0 Å². The molecule has 0 bridgehead atoms. The maximum atomic E-state index is 4.61. The van der Waals surface area contributed by atoms with Gasteiger partial charge in [0.25, 0.3) is 0 Å². The molecule has 1 nitrogen and oxygen atoms in total. The molecule has 0 amide bonds. The number of hydrogen-bond acceptors (Lipinski definition) is 2. The van der Waals surface area contributed by atoms with Gasteiger partial charge >= 0.3 is 0 Å². The van der Waals surface area contributed by atoms with Gasteiger partial charge in [0.05, 0.1) is 10.6 Å². The fourth-order valence-electron chi connectivity index (χ4n) is 2.50. The standard InChI is InChI=1S/C19H13NS/c1-2-7-15(8-3-1)19-13-18(20-21-19)17-11-10-14-6-4-5-9-16(14)12-17/h1-13H. The van der Waals surface area contributed by atoms with Crippen molar-refractivity contribution in [2.75, 3.05) is 0 Å². The lowest BCUT2D eigenvalue weighted by Crippen LogP contribution is -1.78. The summed E-state index contributed by atoms with van der Waals surface area (Å²) in [5, 5.41) is 2.52. The summed E-state index contributed by atoms with van der Waals surface area (Å²) in [4.78, 5) is 1.21. The fourth-order valence-corrected chi connectivity index (χ4v) is 3.26. The van der Waals surface area contributed by atoms with Crippen LogP contribution < -0.4 is 0 Å². The molecule has 4 rings (SSSR count). The van der Waals surface area contributed by atoms with Crippen LogP contribution in [0.25, 0.3) is 32.5 Å². The van der Waals surface area contributed by atoms with Crippen LogP contribution in [-0.4, -0.2) is 4.37 Å². The molecular formula is C19H13NS. The Kier molecular flexibility index (Phi) is 3.02. The van der Waals surface area contributed by atoms with Crippen molar-refractivity contribution in [3.05, 3.63) is 78.9 Å². The van der Waals surface area contributed by atoms with Crippen LogP contribution in [-0.2, 0) is 0 Å². The molecule has 0 spiro atoms. The van der Waals surface area contributed by atoms with Gasteiger partial charge in [0.1, 0.15) is 0 Å². The molecular weight excluding hydrogens is 274 g/mol. The summed E-state index contributed by atoms with van der Waals surface area (Å²) in [7, 11) is 0. The lowest BCUT2D eigenvalue weighted by molar-refractivity contribution is 1.54. The SMILES string of the molecule is c1ccc(-c2cc(-c3ccc4ccccc4c3)ns2)cc1. The van der Waals surface area contributed by atoms with Crippen molar-refractivity contribution >= 4 is 22.3 Å². The second-order valence-corrected chi connectivity index (χ2v) is 5.81. The highest BCUT2D eigenvalue weighted by atomic mass is 32.1. The number of aromatic nitrogens is 1. The zero-order valence-corrected chi connectivity index (χ0v) is 12.2. The number of nitrogens with zero attached hydrogens (tertiary/aromatic N) is 1. The second kappa shape index (κ2) is 5.15. The highest BCUT2D eigenvalue weighted by molar-refractivity contribution is 7.09. The molecule has 3 aromatic carbocycles. The van der Waals surface area contributed by atoms with E-state index in [-0.39, 0.29) is 0 Å². The summed E-state index contributed by atoms with van der Waals surface area (Å²) in [6.45, 7) is 0. The largest absolute Gasteiger partial charge is 0.192 e. The summed E-state index contributed by atoms with van der Waals surface area (Å²) in [6, 6.07) is 27.5. The molecule has 0 aliphatic rings. The third kappa shape index (κ3) is 2.34. The van der Waals surface area contributed by atoms with E-state index in [1.54, 1.807) is 11.5 Å². The van der Waals surface area contributed by atoms with E-state index in [4.69, 9.17) is 0 Å². The van der Waals surface area contributed by atoms with Gasteiger partial charge in [-0.15, -0.1) is 0 Å². The van der Waals surface area contributed by atoms with Crippen molar-refractivity contribution in [1.29, 1.82) is 0 Å². The Bertz CT molecular complexity index is 894. The van der Waals surface area contributed by atoms with Crippen LogP contribution in [0, 0.1) is 0 Å². The molecule has 0 saturated heterocycles. The van der Waals surface area contributed by atoms with E-state index in [0.717, 1.165) is 5.69 Å². The number of benzene rings is 3. The fraction of sp³-hybridized carbons (Fsp3) is 0. The van der Waals surface area contributed by atoms with Crippen LogP contribution in [0.1, 0.15) is 0 Å². The minimum atomic E-state index is 1.05. The third-order valence-corrected chi connectivity index (χ3v) is 4.45. The van der Waals surface area contributed by atoms with Crippen LogP contribution in [0.15, 0.2) is 78.9 Å². The molecule has 100 valence electrons. The van der Waals surface area contributed by atoms with Gasteiger partial charge in [0, 0.05) is 5.56 Å². The van der Waals surface area contributed by atoms with E-state index in [2.05, 4.69) is 77.2 Å². The highest BCUT2D eigenvalue weighted by Crippen LogP contribution is 2.30. The first-order chi connectivity index (χ1) is 10.4. The zero-order chi connectivity index (χ0) is 14.1. The first-order valence-electron chi connectivity index (χ1n) is 6.91. The van der Waals surface area contributed by atoms with Gasteiger partial charge in [-0.1, -0.05) is 66.7 Å². The summed E-state index contributed by atoms with van der Waals surface area (Å²) < 4.78 is 4.61. The van der Waals surface area contributed by atoms with Crippen molar-refractivity contribution in [3.63, 3.8) is 0 Å². The third-order valence-electron chi connectivity index (χ3n) is 3.61. The zero-order valence-electron chi connectivity index (χ0n) is 11.4. The van der Waals surface area contributed by atoms with Crippen molar-refractivity contribution in [1.82, 2.24) is 4.37 Å². The molecule has 1 aromatic heterocycles. The number of rotatable bonds is 2. The smallest absolute Gasteiger partial charge is 0.0847 e. The lowest BCUT2D eigenvalue weighted by atomic mass is 10.0. The molecule has 0 atom stereocenters. The molecule has 21 heavy (non-hydrogen) atoms. The van der Waals surface area contributed by atoms with E-state index in [0.29, 0.717) is 0 Å². The van der Waals surface area contributed by atoms with Gasteiger partial charge in [0.2, 0.25) is 0 Å². The molecule has 0 unspecified atom stereocenters. The number of fused-ring (bicyclic) bond motifs is 1. The molecule has 0 saturated carbocycles. The van der Waals surface area contributed by atoms with Crippen LogP contribution in [0.2, 0.25) is 0 Å². The van der Waals surface area contributed by atoms with Crippen LogP contribution in [0.5, 0.6) is 0 Å². The molecule has 1 heterocycles. The average molecular weight is 287 g/mol. The summed E-state index contributed by atoms with van der Waals surface area (Å²) in [6.07, 6.45) is 0. The highest BCUT2D eigenvalue weighted by Gasteiger charge is 2.06. The normalized spacial score (nSPS) is 10.9. The summed E-state index contributed by atoms with van der Waals surface area (Å²) in [5.74, 6) is 0. The number of hydrogen-bond donors (Lipinski definition) is 0. The summed E-state index contributed by atoms with van der Waals surface area (Å²) >= 11 is 1.55. The first-order valence-corrected chi connectivity index (χ1v) is 7.69. The molecule has 0 N–H and O–H groups in total. The molecule has 4 aromatic rings. The van der Waals surface area contributed by atoms with Gasteiger partial charge in [0.15, 0.2) is 0 Å². The summed E-state index contributed by atoms with van der Waals surface area (Å²) in [5.41, 5.74) is 3.44. The van der Waals surface area contributed by atoms with Gasteiger partial charge in [-0.05, 0) is 40.0 Å². The molecule has 0 aliphatic carbocycles. The lowest BCUT2D eigenvalue weighted by Gasteiger charge is -2.00. The van der Waals surface area contributed by atoms with Crippen molar-refractivity contribution in [2.45, 2.75) is 0 Å². The first kappa shape index (κ1) is 12.3. The van der Waals surface area contributed by atoms with Crippen LogP contribution >= 0.6 is 11.5 Å². The van der Waals surface area contributed by atoms with Gasteiger partial charge in [-0.2, -0.15) is 4.37 Å². The molecule has 0 aliphatic heterocycles. The van der Waals surface area contributed by atoms with Crippen molar-refractivity contribution in [3.8, 4) is 21.7 Å². The Morgan fingerprint density at radius 1 is 0.619 bits per heavy atom. The van der Waals surface area contributed by atoms with Crippen molar-refractivity contribution < 1.29 is 0 Å². The minimum absolute atomic E-state index is 1.05. The van der Waals surface area contributed by atoms with Crippen LogP contribution in [0.4, 0.5) is 0 Å². The monoisotopic (exact) mass is 287 g/mol. The van der Waals surface area contributed by atoms with Crippen LogP contribution in [0.3, 0.4) is 0 Å². The van der Waals surface area contributed by atoms with E-state index in [9.17, 15) is 0 Å². The Labute approximate surface area is 127 Å². The van der Waals surface area contributed by atoms with Gasteiger partial charge < -0.3 is 0 Å². The Morgan fingerprint density at radius 3 is 2.24 bits per heavy atom. The molecule has 2 heteroatoms. The van der Waals surface area contributed by atoms with Gasteiger partial charge in [-0.25, -0.2) is 0 Å². The van der Waals surface area contributed by atoms with Crippen molar-refractivity contribution in [2.24, 2.45) is 0 Å². The Morgan fingerprint density at radius 2 is 1.38 bits per heavy atom. The minimum Gasteiger partial charge on any atom is -0.192 e. The maximum Gasteiger partial charge on any atom is 0.0847 e.